The van der Waals surface area contributed by atoms with Gasteiger partial charge >= 0.3 is 0 Å². The van der Waals surface area contributed by atoms with Gasteiger partial charge in [0.1, 0.15) is 0 Å². The van der Waals surface area contributed by atoms with Crippen molar-refractivity contribution in [3.05, 3.63) is 30.1 Å². The highest BCUT2D eigenvalue weighted by atomic mass is 14.8. The fourth-order valence-electron chi connectivity index (χ4n) is 1.43. The molecule has 1 unspecified atom stereocenters. The summed E-state index contributed by atoms with van der Waals surface area (Å²) in [5.41, 5.74) is 1.20. The second-order valence-electron chi connectivity index (χ2n) is 3.77. The molecular formula is C12H20N2. The van der Waals surface area contributed by atoms with E-state index in [9.17, 15) is 0 Å². The van der Waals surface area contributed by atoms with Crippen molar-refractivity contribution in [3.8, 4) is 0 Å². The number of nitrogens with one attached hydrogen (secondary N) is 1. The molecule has 0 aliphatic heterocycles. The summed E-state index contributed by atoms with van der Waals surface area (Å²) in [5, 5.41) is 3.36. The van der Waals surface area contributed by atoms with Crippen LogP contribution in [0.15, 0.2) is 24.4 Å². The first kappa shape index (κ1) is 11.2. The van der Waals surface area contributed by atoms with Crippen molar-refractivity contribution in [2.24, 2.45) is 5.92 Å². The Balaban J connectivity index is 2.20. The van der Waals surface area contributed by atoms with E-state index in [1.807, 2.05) is 12.3 Å². The third kappa shape index (κ3) is 4.38. The summed E-state index contributed by atoms with van der Waals surface area (Å²) in [4.78, 5) is 4.31. The minimum absolute atomic E-state index is 0.733. The van der Waals surface area contributed by atoms with Crippen LogP contribution in [0.3, 0.4) is 0 Å². The Labute approximate surface area is 86.8 Å². The van der Waals surface area contributed by atoms with Crippen molar-refractivity contribution >= 4 is 0 Å². The lowest BCUT2D eigenvalue weighted by molar-refractivity contribution is 0.487. The summed E-state index contributed by atoms with van der Waals surface area (Å²) >= 11 is 0. The van der Waals surface area contributed by atoms with Crippen LogP contribution in [-0.4, -0.2) is 18.1 Å². The lowest BCUT2D eigenvalue weighted by atomic mass is 10.0. The molecular weight excluding hydrogens is 172 g/mol. The topological polar surface area (TPSA) is 24.9 Å². The van der Waals surface area contributed by atoms with Crippen LogP contribution in [0.4, 0.5) is 0 Å². The Bertz CT molecular complexity index is 233. The summed E-state index contributed by atoms with van der Waals surface area (Å²) in [7, 11) is 0. The quantitative estimate of drug-likeness (QED) is 0.748. The van der Waals surface area contributed by atoms with Crippen LogP contribution in [0, 0.1) is 5.92 Å². The van der Waals surface area contributed by atoms with E-state index in [2.05, 4.69) is 36.3 Å². The van der Waals surface area contributed by atoms with Crippen LogP contribution in [0.1, 0.15) is 26.0 Å². The number of pyridine rings is 1. The van der Waals surface area contributed by atoms with Crippen molar-refractivity contribution in [3.63, 3.8) is 0 Å². The molecule has 0 spiro atoms. The van der Waals surface area contributed by atoms with Gasteiger partial charge < -0.3 is 5.32 Å². The van der Waals surface area contributed by atoms with Gasteiger partial charge in [-0.05, 0) is 44.0 Å². The lowest BCUT2D eigenvalue weighted by Crippen LogP contribution is -2.20. The monoisotopic (exact) mass is 192 g/mol. The van der Waals surface area contributed by atoms with Crippen LogP contribution in [0.25, 0.3) is 0 Å². The zero-order valence-electron chi connectivity index (χ0n) is 9.16. The largest absolute Gasteiger partial charge is 0.317 e. The van der Waals surface area contributed by atoms with Crippen molar-refractivity contribution in [1.29, 1.82) is 0 Å². The molecule has 0 amide bonds. The molecule has 0 fully saturated rings. The number of hydrogen-bond donors (Lipinski definition) is 1. The highest BCUT2D eigenvalue weighted by Gasteiger charge is 2.01. The molecule has 1 N–H and O–H groups in total. The van der Waals surface area contributed by atoms with E-state index in [-0.39, 0.29) is 0 Å². The molecule has 1 aromatic rings. The van der Waals surface area contributed by atoms with E-state index < -0.39 is 0 Å². The highest BCUT2D eigenvalue weighted by molar-refractivity contribution is 5.03. The predicted molar refractivity (Wildman–Crippen MR) is 60.3 cm³/mol. The summed E-state index contributed by atoms with van der Waals surface area (Å²) < 4.78 is 0. The number of nitrogens with zero attached hydrogens (tertiary/aromatic N) is 1. The Morgan fingerprint density at radius 2 is 2.29 bits per heavy atom. The number of aromatic nitrogens is 1. The number of hydrogen-bond acceptors (Lipinski definition) is 2. The van der Waals surface area contributed by atoms with Gasteiger partial charge in [0.25, 0.3) is 0 Å². The van der Waals surface area contributed by atoms with Crippen LogP contribution >= 0.6 is 0 Å². The summed E-state index contributed by atoms with van der Waals surface area (Å²) in [6.07, 6.45) is 4.17. The standard InChI is InChI=1S/C12H20N2/c1-3-13-10-11(2)7-8-12-6-4-5-9-14-12/h4-6,9,11,13H,3,7-8,10H2,1-2H3. The Morgan fingerprint density at radius 3 is 2.93 bits per heavy atom. The third-order valence-electron chi connectivity index (χ3n) is 2.36. The zero-order valence-corrected chi connectivity index (χ0v) is 9.16. The van der Waals surface area contributed by atoms with E-state index in [0.29, 0.717) is 0 Å². The van der Waals surface area contributed by atoms with Gasteiger partial charge in [0.2, 0.25) is 0 Å². The van der Waals surface area contributed by atoms with Crippen molar-refractivity contribution < 1.29 is 0 Å². The van der Waals surface area contributed by atoms with E-state index in [1.165, 1.54) is 12.1 Å². The number of rotatable bonds is 6. The summed E-state index contributed by atoms with van der Waals surface area (Å²) in [5.74, 6) is 0.733. The fraction of sp³-hybridized carbons (Fsp3) is 0.583. The van der Waals surface area contributed by atoms with Gasteiger partial charge in [-0.3, -0.25) is 4.98 Å². The van der Waals surface area contributed by atoms with Gasteiger partial charge in [0.15, 0.2) is 0 Å². The highest BCUT2D eigenvalue weighted by Crippen LogP contribution is 2.06. The summed E-state index contributed by atoms with van der Waals surface area (Å²) in [6.45, 7) is 6.61. The SMILES string of the molecule is CCNCC(C)CCc1ccccn1. The van der Waals surface area contributed by atoms with Gasteiger partial charge in [0.05, 0.1) is 0 Å². The Hall–Kier alpha value is -0.890. The van der Waals surface area contributed by atoms with Gasteiger partial charge in [-0.25, -0.2) is 0 Å². The molecule has 0 aromatic carbocycles. The minimum atomic E-state index is 0.733. The predicted octanol–water partition coefficient (Wildman–Crippen LogP) is 2.26. The van der Waals surface area contributed by atoms with Gasteiger partial charge in [-0.1, -0.05) is 19.9 Å². The molecule has 14 heavy (non-hydrogen) atoms. The number of aryl methyl sites for hydroxylation is 1. The Kier molecular flexibility index (Phi) is 5.23. The smallest absolute Gasteiger partial charge is 0.0403 e. The molecule has 1 atom stereocenters. The molecule has 0 saturated heterocycles. The maximum absolute atomic E-state index is 4.31. The van der Waals surface area contributed by atoms with E-state index in [4.69, 9.17) is 0 Å². The van der Waals surface area contributed by atoms with Crippen molar-refractivity contribution in [2.45, 2.75) is 26.7 Å². The Morgan fingerprint density at radius 1 is 1.43 bits per heavy atom. The molecule has 0 aliphatic rings. The second-order valence-corrected chi connectivity index (χ2v) is 3.77. The van der Waals surface area contributed by atoms with Crippen LogP contribution in [0.2, 0.25) is 0 Å². The van der Waals surface area contributed by atoms with E-state index in [0.717, 1.165) is 25.4 Å². The molecule has 2 heteroatoms. The van der Waals surface area contributed by atoms with Crippen molar-refractivity contribution in [2.75, 3.05) is 13.1 Å². The third-order valence-corrected chi connectivity index (χ3v) is 2.36. The molecule has 2 nitrogen and oxygen atoms in total. The molecule has 0 bridgehead atoms. The first-order valence-electron chi connectivity index (χ1n) is 5.43. The van der Waals surface area contributed by atoms with Gasteiger partial charge in [0, 0.05) is 11.9 Å². The van der Waals surface area contributed by atoms with Gasteiger partial charge in [-0.15, -0.1) is 0 Å². The van der Waals surface area contributed by atoms with Crippen LogP contribution in [-0.2, 0) is 6.42 Å². The normalized spacial score (nSPS) is 12.7. The van der Waals surface area contributed by atoms with E-state index >= 15 is 0 Å². The average Bonchev–Trinajstić information content (AvgIpc) is 2.25. The first-order chi connectivity index (χ1) is 6.83. The maximum Gasteiger partial charge on any atom is 0.0403 e. The average molecular weight is 192 g/mol. The lowest BCUT2D eigenvalue weighted by Gasteiger charge is -2.10. The molecule has 0 radical (unpaired) electrons. The van der Waals surface area contributed by atoms with E-state index in [1.54, 1.807) is 0 Å². The minimum Gasteiger partial charge on any atom is -0.317 e. The fourth-order valence-corrected chi connectivity index (χ4v) is 1.43. The zero-order chi connectivity index (χ0) is 10.2. The molecule has 1 heterocycles. The van der Waals surface area contributed by atoms with Crippen LogP contribution < -0.4 is 5.32 Å². The summed E-state index contributed by atoms with van der Waals surface area (Å²) in [6, 6.07) is 6.11. The van der Waals surface area contributed by atoms with Gasteiger partial charge in [-0.2, -0.15) is 0 Å². The molecule has 1 rings (SSSR count). The first-order valence-corrected chi connectivity index (χ1v) is 5.43. The molecule has 0 aliphatic carbocycles. The molecule has 0 saturated carbocycles. The molecule has 78 valence electrons. The van der Waals surface area contributed by atoms with Crippen molar-refractivity contribution in [1.82, 2.24) is 10.3 Å². The van der Waals surface area contributed by atoms with Crippen LogP contribution in [0.5, 0.6) is 0 Å². The molecule has 1 aromatic heterocycles. The second kappa shape index (κ2) is 6.55. The maximum atomic E-state index is 4.31.